The zero-order valence-corrected chi connectivity index (χ0v) is 8.74. The highest BCUT2D eigenvalue weighted by molar-refractivity contribution is 5.12. The normalized spacial score (nSPS) is 32.6. The van der Waals surface area contributed by atoms with Crippen LogP contribution in [-0.4, -0.2) is 34.8 Å². The van der Waals surface area contributed by atoms with Crippen molar-refractivity contribution in [2.45, 2.75) is 18.4 Å². The lowest BCUT2D eigenvalue weighted by molar-refractivity contribution is -0.0389. The van der Waals surface area contributed by atoms with Crippen molar-refractivity contribution in [2.24, 2.45) is 5.92 Å². The predicted molar refractivity (Wildman–Crippen MR) is 52.3 cm³/mol. The van der Waals surface area contributed by atoms with Gasteiger partial charge < -0.3 is 9.47 Å². The summed E-state index contributed by atoms with van der Waals surface area (Å²) in [5.74, 6) is 1.28. The maximum atomic E-state index is 8.87. The van der Waals surface area contributed by atoms with Crippen LogP contribution in [0, 0.1) is 17.2 Å². The van der Waals surface area contributed by atoms with Gasteiger partial charge in [-0.3, -0.25) is 0 Å². The van der Waals surface area contributed by atoms with Gasteiger partial charge in [-0.2, -0.15) is 10.4 Å². The first kappa shape index (κ1) is 9.75. The minimum absolute atomic E-state index is 0.124. The van der Waals surface area contributed by atoms with Gasteiger partial charge in [0.05, 0.1) is 25.3 Å². The second-order valence-corrected chi connectivity index (χ2v) is 4.12. The Kier molecular flexibility index (Phi) is 2.35. The lowest BCUT2D eigenvalue weighted by Crippen LogP contribution is -2.21. The van der Waals surface area contributed by atoms with Gasteiger partial charge in [-0.25, -0.2) is 9.67 Å². The molecule has 3 rings (SSSR count). The first-order valence-corrected chi connectivity index (χ1v) is 5.33. The quantitative estimate of drug-likeness (QED) is 0.687. The summed E-state index contributed by atoms with van der Waals surface area (Å²) in [6.45, 7) is 1.53. The number of nitrogens with zero attached hydrogens (tertiary/aromatic N) is 4. The molecule has 0 saturated carbocycles. The molecule has 6 nitrogen and oxygen atoms in total. The molecule has 0 spiro atoms. The van der Waals surface area contributed by atoms with Crippen molar-refractivity contribution in [3.05, 3.63) is 12.2 Å². The number of ether oxygens (including phenoxy) is 2. The third-order valence-electron chi connectivity index (χ3n) is 3.33. The van der Waals surface area contributed by atoms with Gasteiger partial charge >= 0.3 is 0 Å². The molecule has 0 aliphatic carbocycles. The summed E-state index contributed by atoms with van der Waals surface area (Å²) in [6.07, 6.45) is 2.00. The number of aromatic nitrogens is 3. The van der Waals surface area contributed by atoms with Gasteiger partial charge in [0.25, 0.3) is 0 Å². The maximum absolute atomic E-state index is 8.87. The zero-order chi connectivity index (χ0) is 11.0. The smallest absolute Gasteiger partial charge is 0.146 e. The largest absolute Gasteiger partial charge is 0.355 e. The topological polar surface area (TPSA) is 73.0 Å². The monoisotopic (exact) mass is 220 g/mol. The number of fused-ring (bicyclic) bond motifs is 3. The Bertz CT molecular complexity index is 425. The van der Waals surface area contributed by atoms with Crippen molar-refractivity contribution < 1.29 is 9.47 Å². The van der Waals surface area contributed by atoms with E-state index in [0.717, 1.165) is 5.82 Å². The van der Waals surface area contributed by atoms with Gasteiger partial charge in [0.1, 0.15) is 18.9 Å². The van der Waals surface area contributed by atoms with Crippen LogP contribution in [0.3, 0.4) is 0 Å². The first-order valence-electron chi connectivity index (χ1n) is 5.33. The molecule has 84 valence electrons. The van der Waals surface area contributed by atoms with E-state index in [4.69, 9.17) is 14.7 Å². The standard InChI is InChI=1S/C10H12N4O2/c11-2-1-7-8-3-15-6-16-4-9(8)14-10(7)12-5-13-14/h5,7-9H,1,3-4,6H2/t7?,8-,9-/m1/s1. The van der Waals surface area contributed by atoms with E-state index in [9.17, 15) is 0 Å². The number of nitriles is 1. The SMILES string of the molecule is N#CCC1c2ncnn2[C@@H]2COCOC[C@H]12. The molecule has 1 aromatic rings. The fourth-order valence-electron chi connectivity index (χ4n) is 2.60. The van der Waals surface area contributed by atoms with Crippen LogP contribution < -0.4 is 0 Å². The molecule has 16 heavy (non-hydrogen) atoms. The van der Waals surface area contributed by atoms with Crippen LogP contribution in [0.4, 0.5) is 0 Å². The molecule has 1 fully saturated rings. The van der Waals surface area contributed by atoms with E-state index in [0.29, 0.717) is 26.4 Å². The highest BCUT2D eigenvalue weighted by Crippen LogP contribution is 2.42. The maximum Gasteiger partial charge on any atom is 0.146 e. The van der Waals surface area contributed by atoms with E-state index in [-0.39, 0.29) is 17.9 Å². The second-order valence-electron chi connectivity index (χ2n) is 4.12. The zero-order valence-electron chi connectivity index (χ0n) is 8.74. The molecule has 1 saturated heterocycles. The van der Waals surface area contributed by atoms with Crippen molar-refractivity contribution >= 4 is 0 Å². The number of hydrogen-bond donors (Lipinski definition) is 0. The molecule has 3 atom stereocenters. The number of rotatable bonds is 1. The Balaban J connectivity index is 1.97. The summed E-state index contributed by atoms with van der Waals surface area (Å²) < 4.78 is 12.6. The Morgan fingerprint density at radius 3 is 3.25 bits per heavy atom. The summed E-state index contributed by atoms with van der Waals surface area (Å²) in [6, 6.07) is 2.38. The summed E-state index contributed by atoms with van der Waals surface area (Å²) in [4.78, 5) is 4.24. The predicted octanol–water partition coefficient (Wildman–Crippen LogP) is 0.451. The molecular weight excluding hydrogens is 208 g/mol. The van der Waals surface area contributed by atoms with Crippen LogP contribution in [0.25, 0.3) is 0 Å². The van der Waals surface area contributed by atoms with Gasteiger partial charge in [0, 0.05) is 18.3 Å². The minimum atomic E-state index is 0.124. The molecule has 1 unspecified atom stereocenters. The van der Waals surface area contributed by atoms with E-state index in [1.54, 1.807) is 6.33 Å². The fraction of sp³-hybridized carbons (Fsp3) is 0.700. The van der Waals surface area contributed by atoms with Crippen molar-refractivity contribution in [3.8, 4) is 6.07 Å². The van der Waals surface area contributed by atoms with Gasteiger partial charge in [-0.1, -0.05) is 0 Å². The van der Waals surface area contributed by atoms with E-state index < -0.39 is 0 Å². The Labute approximate surface area is 92.8 Å². The summed E-state index contributed by atoms with van der Waals surface area (Å²) in [7, 11) is 0. The molecule has 0 bridgehead atoms. The molecule has 0 aromatic carbocycles. The third-order valence-corrected chi connectivity index (χ3v) is 3.33. The van der Waals surface area contributed by atoms with Crippen LogP contribution in [0.2, 0.25) is 0 Å². The summed E-state index contributed by atoms with van der Waals surface area (Å²) in [5, 5.41) is 13.1. The molecule has 2 aliphatic rings. The Morgan fingerprint density at radius 2 is 2.38 bits per heavy atom. The molecular formula is C10H12N4O2. The van der Waals surface area contributed by atoms with E-state index in [2.05, 4.69) is 16.2 Å². The minimum Gasteiger partial charge on any atom is -0.355 e. The van der Waals surface area contributed by atoms with E-state index >= 15 is 0 Å². The molecule has 2 aliphatic heterocycles. The van der Waals surface area contributed by atoms with Crippen LogP contribution in [0.5, 0.6) is 0 Å². The van der Waals surface area contributed by atoms with Crippen molar-refractivity contribution in [1.82, 2.24) is 14.8 Å². The molecule has 0 amide bonds. The van der Waals surface area contributed by atoms with Crippen LogP contribution in [0.15, 0.2) is 6.33 Å². The molecule has 1 aromatic heterocycles. The second kappa shape index (κ2) is 3.85. The van der Waals surface area contributed by atoms with E-state index in [1.165, 1.54) is 0 Å². The van der Waals surface area contributed by atoms with Gasteiger partial charge in [0.2, 0.25) is 0 Å². The lowest BCUT2D eigenvalue weighted by atomic mass is 9.88. The summed E-state index contributed by atoms with van der Waals surface area (Å²) in [5.41, 5.74) is 0. The molecule has 6 heteroatoms. The van der Waals surface area contributed by atoms with Crippen LogP contribution >= 0.6 is 0 Å². The third kappa shape index (κ3) is 1.32. The van der Waals surface area contributed by atoms with Crippen LogP contribution in [0.1, 0.15) is 24.2 Å². The molecule has 3 heterocycles. The van der Waals surface area contributed by atoms with Crippen molar-refractivity contribution in [1.29, 1.82) is 5.26 Å². The summed E-state index contributed by atoms with van der Waals surface area (Å²) >= 11 is 0. The van der Waals surface area contributed by atoms with Crippen LogP contribution in [-0.2, 0) is 9.47 Å². The molecule has 0 radical (unpaired) electrons. The average molecular weight is 220 g/mol. The van der Waals surface area contributed by atoms with E-state index in [1.807, 2.05) is 4.68 Å². The van der Waals surface area contributed by atoms with Crippen molar-refractivity contribution in [2.75, 3.05) is 20.0 Å². The van der Waals surface area contributed by atoms with Gasteiger partial charge in [-0.05, 0) is 0 Å². The Hall–Kier alpha value is -1.45. The van der Waals surface area contributed by atoms with Crippen molar-refractivity contribution in [3.63, 3.8) is 0 Å². The lowest BCUT2D eigenvalue weighted by Gasteiger charge is -2.18. The fourth-order valence-corrected chi connectivity index (χ4v) is 2.60. The highest BCUT2D eigenvalue weighted by atomic mass is 16.7. The van der Waals surface area contributed by atoms with Gasteiger partial charge in [0.15, 0.2) is 0 Å². The number of hydrogen-bond acceptors (Lipinski definition) is 5. The highest BCUT2D eigenvalue weighted by Gasteiger charge is 2.43. The first-order chi connectivity index (χ1) is 7.92. The Morgan fingerprint density at radius 1 is 1.50 bits per heavy atom. The average Bonchev–Trinajstić information content (AvgIpc) is 2.76. The molecule has 0 N–H and O–H groups in total. The van der Waals surface area contributed by atoms with Gasteiger partial charge in [-0.15, -0.1) is 0 Å².